The molecule has 1 heterocycles. The quantitative estimate of drug-likeness (QED) is 0.102. The van der Waals surface area contributed by atoms with Gasteiger partial charge in [-0.25, -0.2) is 65.9 Å². The zero-order chi connectivity index (χ0) is 30.7. The Labute approximate surface area is 217 Å². The zero-order valence-corrected chi connectivity index (χ0v) is 19.4. The molecule has 3 aromatic carbocycles. The standard InChI is InChI=1S/C23H8BF15O2/c25-9-6(10(26)16(32)21(37)15(9)31)24(41-5-3-1-2-4-40-5,7-11(27)17(33)22(38)18(34)12(7)28)8-13(29)19(35)23(39)20(36)14(8)30/h1-4H2. The van der Waals surface area contributed by atoms with E-state index in [-0.39, 0.29) is 12.8 Å². The molecule has 0 bridgehead atoms. The van der Waals surface area contributed by atoms with E-state index in [1.54, 1.807) is 0 Å². The van der Waals surface area contributed by atoms with Crippen molar-refractivity contribution in [1.29, 1.82) is 0 Å². The molecule has 2 nitrogen and oxygen atoms in total. The Kier molecular flexibility index (Phi) is 7.73. The van der Waals surface area contributed by atoms with E-state index in [0.717, 1.165) is 0 Å². The predicted octanol–water partition coefficient (Wildman–Crippen LogP) is 5.00. The maximum Gasteiger partial charge on any atom is 0.427 e. The van der Waals surface area contributed by atoms with Crippen LogP contribution in [0.3, 0.4) is 0 Å². The van der Waals surface area contributed by atoms with Crippen LogP contribution < -0.4 is 16.4 Å². The van der Waals surface area contributed by atoms with Crippen molar-refractivity contribution in [3.63, 3.8) is 0 Å². The Balaban J connectivity index is 2.47. The van der Waals surface area contributed by atoms with E-state index in [1.807, 2.05) is 0 Å². The SMILES string of the molecule is Fc1c(F)c(F)c([B-]([O+]=C2CCCCO2)(c2c(F)c(F)c(F)c(F)c2F)c2c(F)c(F)c(F)c(F)c2F)c(F)c1F. The van der Waals surface area contributed by atoms with Crippen molar-refractivity contribution in [2.45, 2.75) is 19.3 Å². The molecule has 18 heteroatoms. The molecule has 0 aromatic heterocycles. The number of carbonyl (C=O) groups excluding carboxylic acids is 1. The third-order valence-electron chi connectivity index (χ3n) is 6.30. The average Bonchev–Trinajstić information content (AvgIpc) is 2.95. The van der Waals surface area contributed by atoms with Crippen molar-refractivity contribution in [2.24, 2.45) is 0 Å². The van der Waals surface area contributed by atoms with Gasteiger partial charge in [0.05, 0.1) is 6.42 Å². The van der Waals surface area contributed by atoms with Gasteiger partial charge in [0.1, 0.15) is 34.9 Å². The van der Waals surface area contributed by atoms with Crippen molar-refractivity contribution in [3.05, 3.63) is 87.3 Å². The summed E-state index contributed by atoms with van der Waals surface area (Å²) in [5.41, 5.74) is -8.56. The van der Waals surface area contributed by atoms with Crippen LogP contribution in [0.25, 0.3) is 0 Å². The summed E-state index contributed by atoms with van der Waals surface area (Å²) in [6.07, 6.45) is -6.75. The summed E-state index contributed by atoms with van der Waals surface area (Å²) in [4.78, 5) is 0. The zero-order valence-electron chi connectivity index (χ0n) is 19.4. The van der Waals surface area contributed by atoms with Crippen LogP contribution in [0.15, 0.2) is 0 Å². The molecule has 1 fully saturated rings. The lowest BCUT2D eigenvalue weighted by molar-refractivity contribution is -0.317. The van der Waals surface area contributed by atoms with Gasteiger partial charge in [-0.3, -0.25) is 0 Å². The highest BCUT2D eigenvalue weighted by Crippen LogP contribution is 2.28. The fourth-order valence-electron chi connectivity index (χ4n) is 4.47. The molecule has 1 aliphatic heterocycles. The number of ether oxygens (including phenoxy) is 1. The maximum absolute atomic E-state index is 15.3. The highest BCUT2D eigenvalue weighted by Gasteiger charge is 2.55. The van der Waals surface area contributed by atoms with Crippen molar-refractivity contribution in [3.8, 4) is 0 Å². The molecule has 1 saturated heterocycles. The lowest BCUT2D eigenvalue weighted by atomic mass is 9.27. The van der Waals surface area contributed by atoms with Gasteiger partial charge >= 0.3 is 12.3 Å². The number of hydrogen-bond acceptors (Lipinski definition) is 1. The monoisotopic (exact) mass is 612 g/mol. The maximum atomic E-state index is 15.3. The van der Waals surface area contributed by atoms with Crippen LogP contribution in [0.1, 0.15) is 19.3 Å². The first-order valence-electron chi connectivity index (χ1n) is 11.0. The lowest BCUT2D eigenvalue weighted by Gasteiger charge is -2.35. The highest BCUT2D eigenvalue weighted by atomic mass is 19.2. The molecule has 0 saturated carbocycles. The fraction of sp³-hybridized carbons (Fsp3) is 0.174. The minimum Gasteiger partial charge on any atom is -0.564 e. The minimum atomic E-state index is -6.10. The predicted molar refractivity (Wildman–Crippen MR) is 108 cm³/mol. The van der Waals surface area contributed by atoms with Crippen LogP contribution in [0, 0.1) is 87.3 Å². The molecule has 3 aromatic rings. The topological polar surface area (TPSA) is 20.5 Å². The number of benzene rings is 3. The first kappa shape index (κ1) is 30.1. The Hall–Kier alpha value is -3.86. The van der Waals surface area contributed by atoms with Crippen LogP contribution >= 0.6 is 0 Å². The van der Waals surface area contributed by atoms with Gasteiger partial charge in [-0.1, -0.05) is 0 Å². The van der Waals surface area contributed by atoms with Crippen molar-refractivity contribution < 1.29 is 74.9 Å². The Morgan fingerprint density at radius 1 is 0.390 bits per heavy atom. The molecule has 4 rings (SSSR count). The summed E-state index contributed by atoms with van der Waals surface area (Å²) in [7, 11) is 0. The summed E-state index contributed by atoms with van der Waals surface area (Å²) in [5, 5.41) is 0. The summed E-state index contributed by atoms with van der Waals surface area (Å²) in [6.45, 7) is -0.465. The van der Waals surface area contributed by atoms with E-state index >= 15 is 26.3 Å². The largest absolute Gasteiger partial charge is 0.564 e. The number of cyclic esters (lactones) is 1. The van der Waals surface area contributed by atoms with E-state index < -0.39 is 129 Å². The number of hydrogen-bond donors (Lipinski definition) is 0. The normalized spacial score (nSPS) is 15.0. The molecule has 0 radical (unpaired) electrons. The highest BCUT2D eigenvalue weighted by molar-refractivity contribution is 7.05. The number of rotatable bonds is 4. The molecule has 0 unspecified atom stereocenters. The summed E-state index contributed by atoms with van der Waals surface area (Å²) in [6, 6.07) is 0. The Morgan fingerprint density at radius 2 is 0.659 bits per heavy atom. The van der Waals surface area contributed by atoms with E-state index in [0.29, 0.717) is 0 Å². The average molecular weight is 612 g/mol. The van der Waals surface area contributed by atoms with Crippen LogP contribution in [-0.4, -0.2) is 18.9 Å². The van der Waals surface area contributed by atoms with E-state index in [4.69, 9.17) is 9.08 Å². The fourth-order valence-corrected chi connectivity index (χ4v) is 4.47. The molecule has 41 heavy (non-hydrogen) atoms. The minimum absolute atomic E-state index is 0.0905. The summed E-state index contributed by atoms with van der Waals surface area (Å²) in [5.74, 6) is -47.8. The molecule has 0 N–H and O–H groups in total. The lowest BCUT2D eigenvalue weighted by Crippen LogP contribution is -2.74. The first-order chi connectivity index (χ1) is 19.1. The van der Waals surface area contributed by atoms with Gasteiger partial charge in [0.25, 0.3) is 0 Å². The molecular weight excluding hydrogens is 604 g/mol. The molecule has 0 aliphatic carbocycles. The molecule has 0 spiro atoms. The third kappa shape index (κ3) is 4.29. The molecule has 220 valence electrons. The van der Waals surface area contributed by atoms with Gasteiger partial charge in [0, 0.05) is 6.42 Å². The van der Waals surface area contributed by atoms with Crippen LogP contribution in [0.5, 0.6) is 0 Å². The molecule has 1 aliphatic rings. The van der Waals surface area contributed by atoms with Gasteiger partial charge in [0.15, 0.2) is 59.0 Å². The van der Waals surface area contributed by atoms with Gasteiger partial charge in [-0.05, 0) is 22.8 Å². The van der Waals surface area contributed by atoms with Crippen molar-refractivity contribution in [2.75, 3.05) is 6.61 Å². The first-order valence-corrected chi connectivity index (χ1v) is 11.0. The van der Waals surface area contributed by atoms with Gasteiger partial charge in [-0.2, -0.15) is 0 Å². The smallest absolute Gasteiger partial charge is 0.427 e. The van der Waals surface area contributed by atoms with E-state index in [1.165, 1.54) is 0 Å². The Bertz CT molecular complexity index is 1380. The third-order valence-corrected chi connectivity index (χ3v) is 6.30. The summed E-state index contributed by atoms with van der Waals surface area (Å²) >= 11 is 0. The van der Waals surface area contributed by atoms with Gasteiger partial charge in [-0.15, -0.1) is 0 Å². The molecular formula is C23H8BF15O2. The van der Waals surface area contributed by atoms with Crippen molar-refractivity contribution >= 4 is 28.7 Å². The molecule has 0 atom stereocenters. The molecule has 0 amide bonds. The van der Waals surface area contributed by atoms with E-state index in [2.05, 4.69) is 0 Å². The summed E-state index contributed by atoms with van der Waals surface area (Å²) < 4.78 is 229. The van der Waals surface area contributed by atoms with Gasteiger partial charge in [0.2, 0.25) is 0 Å². The second-order valence-corrected chi connectivity index (χ2v) is 8.53. The number of esters is 1. The van der Waals surface area contributed by atoms with Gasteiger partial charge < -0.3 is 9.08 Å². The van der Waals surface area contributed by atoms with Crippen LogP contribution in [0.2, 0.25) is 0 Å². The Morgan fingerprint density at radius 3 is 0.902 bits per heavy atom. The second-order valence-electron chi connectivity index (χ2n) is 8.53. The number of halogens is 15. The van der Waals surface area contributed by atoms with Crippen LogP contribution in [0.4, 0.5) is 65.9 Å². The second kappa shape index (κ2) is 10.5. The van der Waals surface area contributed by atoms with Crippen molar-refractivity contribution in [1.82, 2.24) is 0 Å². The van der Waals surface area contributed by atoms with E-state index in [9.17, 15) is 39.5 Å². The van der Waals surface area contributed by atoms with Crippen LogP contribution in [-0.2, 0) is 9.08 Å².